The van der Waals surface area contributed by atoms with Gasteiger partial charge in [-0.2, -0.15) is 4.91 Å². The Morgan fingerprint density at radius 3 is 3.05 bits per heavy atom. The fourth-order valence-corrected chi connectivity index (χ4v) is 2.55. The highest BCUT2D eigenvalue weighted by Gasteiger charge is 2.25. The minimum atomic E-state index is -0.335. The number of nitrogens with one attached hydrogen (secondary N) is 2. The maximum absolute atomic E-state index is 11.8. The minimum absolute atomic E-state index is 0.0169. The first-order valence-corrected chi connectivity index (χ1v) is 7.02. The predicted molar refractivity (Wildman–Crippen MR) is 82.8 cm³/mol. The van der Waals surface area contributed by atoms with Gasteiger partial charge in [-0.3, -0.25) is 4.79 Å². The highest BCUT2D eigenvalue weighted by atomic mass is 16.3. The van der Waals surface area contributed by atoms with Gasteiger partial charge < -0.3 is 21.4 Å². The van der Waals surface area contributed by atoms with E-state index in [9.17, 15) is 9.70 Å². The molecule has 0 bridgehead atoms. The molecule has 1 aromatic heterocycles. The molecule has 1 unspecified atom stereocenters. The molecule has 1 atom stereocenters. The fourth-order valence-electron chi connectivity index (χ4n) is 2.55. The van der Waals surface area contributed by atoms with E-state index >= 15 is 0 Å². The Morgan fingerprint density at radius 2 is 2.36 bits per heavy atom. The highest BCUT2D eigenvalue weighted by Crippen LogP contribution is 2.21. The molecule has 2 heterocycles. The van der Waals surface area contributed by atoms with Crippen molar-refractivity contribution in [2.24, 2.45) is 5.18 Å². The first kappa shape index (κ1) is 15.8. The Hall–Kier alpha value is -2.58. The summed E-state index contributed by atoms with van der Waals surface area (Å²) < 4.78 is 0. The number of carbonyl (C=O) groups is 1. The van der Waals surface area contributed by atoms with Gasteiger partial charge in [-0.05, 0) is 19.8 Å². The average Bonchev–Trinajstić information content (AvgIpc) is 2.47. The van der Waals surface area contributed by atoms with E-state index in [4.69, 9.17) is 11.1 Å². The van der Waals surface area contributed by atoms with Crippen LogP contribution in [-0.4, -0.2) is 52.2 Å². The summed E-state index contributed by atoms with van der Waals surface area (Å²) in [6.45, 7) is 2.37. The van der Waals surface area contributed by atoms with Crippen molar-refractivity contribution in [2.75, 3.05) is 30.7 Å². The number of rotatable bonds is 5. The highest BCUT2D eigenvalue weighted by molar-refractivity contribution is 6.04. The smallest absolute Gasteiger partial charge is 0.247 e. The molecule has 1 saturated heterocycles. The second-order valence-electron chi connectivity index (χ2n) is 5.22. The predicted octanol–water partition coefficient (Wildman–Crippen LogP) is 0.616. The van der Waals surface area contributed by atoms with E-state index < -0.39 is 0 Å². The van der Waals surface area contributed by atoms with Gasteiger partial charge in [-0.25, -0.2) is 9.97 Å². The molecular formula is C13H19N7O2. The van der Waals surface area contributed by atoms with Crippen molar-refractivity contribution in [3.63, 3.8) is 0 Å². The molecule has 22 heavy (non-hydrogen) atoms. The Kier molecular flexibility index (Phi) is 4.97. The summed E-state index contributed by atoms with van der Waals surface area (Å²) in [5, 5.41) is 13.7. The van der Waals surface area contributed by atoms with Gasteiger partial charge in [0, 0.05) is 24.8 Å². The molecule has 0 aromatic carbocycles. The van der Waals surface area contributed by atoms with Gasteiger partial charge in [0.15, 0.2) is 6.54 Å². The largest absolute Gasteiger partial charge is 0.383 e. The number of piperidine rings is 1. The molecule has 1 aliphatic rings. The van der Waals surface area contributed by atoms with E-state index in [-0.39, 0.29) is 30.0 Å². The van der Waals surface area contributed by atoms with Crippen LogP contribution in [0.5, 0.6) is 0 Å². The van der Waals surface area contributed by atoms with E-state index in [2.05, 4.69) is 20.5 Å². The summed E-state index contributed by atoms with van der Waals surface area (Å²) in [5.74, 6) is 0.471. The van der Waals surface area contributed by atoms with Gasteiger partial charge in [0.1, 0.15) is 18.0 Å². The topological polar surface area (TPSA) is 137 Å². The molecule has 2 rings (SSSR count). The maximum Gasteiger partial charge on any atom is 0.247 e. The number of hydrogen-bond donors (Lipinski definition) is 3. The van der Waals surface area contributed by atoms with Crippen molar-refractivity contribution in [3.8, 4) is 0 Å². The molecule has 9 heteroatoms. The maximum atomic E-state index is 11.8. The number of nitrogen functional groups attached to an aromatic ring is 1. The summed E-state index contributed by atoms with van der Waals surface area (Å²) >= 11 is 0. The number of hydrogen-bond acceptors (Lipinski definition) is 8. The second-order valence-corrected chi connectivity index (χ2v) is 5.22. The minimum Gasteiger partial charge on any atom is -0.383 e. The summed E-state index contributed by atoms with van der Waals surface area (Å²) in [6.07, 6.45) is 3.02. The molecule has 0 aliphatic carbocycles. The Morgan fingerprint density at radius 1 is 1.59 bits per heavy atom. The van der Waals surface area contributed by atoms with Crippen molar-refractivity contribution in [1.29, 1.82) is 5.41 Å². The van der Waals surface area contributed by atoms with Crippen molar-refractivity contribution >= 4 is 23.3 Å². The van der Waals surface area contributed by atoms with E-state index in [1.54, 1.807) is 11.8 Å². The number of likely N-dealkylation sites (tertiary alicyclic amines) is 1. The third-order valence-electron chi connectivity index (χ3n) is 3.57. The molecule has 0 saturated carbocycles. The van der Waals surface area contributed by atoms with Crippen LogP contribution >= 0.6 is 0 Å². The third kappa shape index (κ3) is 3.54. The summed E-state index contributed by atoms with van der Waals surface area (Å²) in [7, 11) is 0. The standard InChI is InChI=1S/C13H19N7O2/c1-8(14)11-12(15)16-7-17-13(11)19-9-3-2-4-20(6-9)10(21)5-18-22/h7,9,14H,2-6H2,1H3,(H3,15,16,17,19). The van der Waals surface area contributed by atoms with Gasteiger partial charge in [0.05, 0.1) is 5.56 Å². The van der Waals surface area contributed by atoms with Gasteiger partial charge in [-0.1, -0.05) is 5.18 Å². The van der Waals surface area contributed by atoms with Crippen molar-refractivity contribution in [2.45, 2.75) is 25.8 Å². The number of nitrogens with two attached hydrogens (primary N) is 1. The van der Waals surface area contributed by atoms with Crippen LogP contribution in [-0.2, 0) is 4.79 Å². The van der Waals surface area contributed by atoms with Crippen molar-refractivity contribution in [3.05, 3.63) is 16.8 Å². The van der Waals surface area contributed by atoms with Crippen LogP contribution < -0.4 is 11.1 Å². The first-order valence-electron chi connectivity index (χ1n) is 7.02. The molecule has 1 aromatic rings. The van der Waals surface area contributed by atoms with Gasteiger partial charge >= 0.3 is 0 Å². The van der Waals surface area contributed by atoms with E-state index in [1.807, 2.05) is 0 Å². The second kappa shape index (κ2) is 6.92. The Labute approximate surface area is 127 Å². The molecule has 4 N–H and O–H groups in total. The zero-order valence-corrected chi connectivity index (χ0v) is 12.4. The summed E-state index contributed by atoms with van der Waals surface area (Å²) in [5.41, 5.74) is 6.54. The molecule has 1 fully saturated rings. The molecule has 1 amide bonds. The van der Waals surface area contributed by atoms with Crippen LogP contribution in [0.15, 0.2) is 11.5 Å². The number of nitrogens with zero attached hydrogens (tertiary/aromatic N) is 4. The van der Waals surface area contributed by atoms with Crippen LogP contribution in [0.4, 0.5) is 11.6 Å². The third-order valence-corrected chi connectivity index (χ3v) is 3.57. The Bertz CT molecular complexity index is 590. The molecule has 1 aliphatic heterocycles. The quantitative estimate of drug-likeness (QED) is 0.538. The lowest BCUT2D eigenvalue weighted by molar-refractivity contribution is -0.130. The SMILES string of the molecule is CC(=N)c1c(N)ncnc1NC1CCCN(C(=O)CN=O)C1. The average molecular weight is 305 g/mol. The van der Waals surface area contributed by atoms with Crippen LogP contribution in [0.3, 0.4) is 0 Å². The van der Waals surface area contributed by atoms with Gasteiger partial charge in [0.2, 0.25) is 5.91 Å². The lowest BCUT2D eigenvalue weighted by Gasteiger charge is -2.33. The summed E-state index contributed by atoms with van der Waals surface area (Å²) in [4.78, 5) is 31.6. The Balaban J connectivity index is 2.11. The number of aromatic nitrogens is 2. The van der Waals surface area contributed by atoms with Crippen molar-refractivity contribution in [1.82, 2.24) is 14.9 Å². The normalized spacial score (nSPS) is 17.9. The van der Waals surface area contributed by atoms with Gasteiger partial charge in [0.25, 0.3) is 0 Å². The zero-order chi connectivity index (χ0) is 16.1. The van der Waals surface area contributed by atoms with Crippen LogP contribution in [0, 0.1) is 10.3 Å². The molecule has 118 valence electrons. The zero-order valence-electron chi connectivity index (χ0n) is 12.4. The first-order chi connectivity index (χ1) is 10.5. The molecule has 0 spiro atoms. The number of nitroso groups, excluding NO2 is 1. The molecule has 0 radical (unpaired) electrons. The van der Waals surface area contributed by atoms with E-state index in [0.717, 1.165) is 12.8 Å². The number of carbonyl (C=O) groups excluding carboxylic acids is 1. The number of anilines is 2. The molecular weight excluding hydrogens is 286 g/mol. The van der Waals surface area contributed by atoms with Gasteiger partial charge in [-0.15, -0.1) is 0 Å². The molecule has 9 nitrogen and oxygen atoms in total. The van der Waals surface area contributed by atoms with Crippen LogP contribution in [0.25, 0.3) is 0 Å². The van der Waals surface area contributed by atoms with Crippen molar-refractivity contribution < 1.29 is 4.79 Å². The van der Waals surface area contributed by atoms with Crippen LogP contribution in [0.2, 0.25) is 0 Å². The lowest BCUT2D eigenvalue weighted by atomic mass is 10.0. The number of amides is 1. The van der Waals surface area contributed by atoms with Crippen LogP contribution in [0.1, 0.15) is 25.3 Å². The fraction of sp³-hybridized carbons (Fsp3) is 0.538. The summed E-state index contributed by atoms with van der Waals surface area (Å²) in [6, 6.07) is -0.0169. The lowest BCUT2D eigenvalue weighted by Crippen LogP contribution is -2.46. The van der Waals surface area contributed by atoms with E-state index in [0.29, 0.717) is 24.5 Å². The van der Waals surface area contributed by atoms with E-state index in [1.165, 1.54) is 6.33 Å². The monoisotopic (exact) mass is 305 g/mol.